The molecule has 0 bridgehead atoms. The molecule has 0 saturated carbocycles. The minimum atomic E-state index is -0.611. The number of nitrogens with zero attached hydrogens (tertiary/aromatic N) is 2. The van der Waals surface area contributed by atoms with Gasteiger partial charge >= 0.3 is 0 Å². The molecule has 0 aliphatic carbocycles. The summed E-state index contributed by atoms with van der Waals surface area (Å²) in [6, 6.07) is 6.54. The quantitative estimate of drug-likeness (QED) is 0.463. The van der Waals surface area contributed by atoms with Gasteiger partial charge in [-0.2, -0.15) is 0 Å². The zero-order valence-corrected chi connectivity index (χ0v) is 18.5. The summed E-state index contributed by atoms with van der Waals surface area (Å²) in [4.78, 5) is 46.0. The largest absolute Gasteiger partial charge is 0.482 e. The van der Waals surface area contributed by atoms with E-state index in [2.05, 4.69) is 25.9 Å². The number of aromatic nitrogens is 2. The van der Waals surface area contributed by atoms with Gasteiger partial charge < -0.3 is 35.3 Å². The molecule has 0 saturated heterocycles. The molecule has 2 aromatic heterocycles. The Balaban J connectivity index is 1.44. The molecule has 3 aromatic rings. The van der Waals surface area contributed by atoms with Crippen molar-refractivity contribution in [1.82, 2.24) is 9.97 Å². The third-order valence-corrected chi connectivity index (χ3v) is 5.71. The summed E-state index contributed by atoms with van der Waals surface area (Å²) in [6.07, 6.45) is 3.06. The van der Waals surface area contributed by atoms with Crippen LogP contribution in [-0.4, -0.2) is 48.6 Å². The normalized spacial score (nSPS) is 14.2. The molecule has 5 rings (SSSR count). The van der Waals surface area contributed by atoms with Crippen LogP contribution < -0.4 is 35.9 Å². The van der Waals surface area contributed by atoms with Gasteiger partial charge in [-0.3, -0.25) is 14.4 Å². The van der Waals surface area contributed by atoms with Gasteiger partial charge in [0.05, 0.1) is 23.3 Å². The fourth-order valence-electron chi connectivity index (χ4n) is 3.84. The van der Waals surface area contributed by atoms with Crippen molar-refractivity contribution >= 4 is 40.3 Å². The molecule has 0 fully saturated rings. The molecule has 4 heterocycles. The Kier molecular flexibility index (Phi) is 5.28. The lowest BCUT2D eigenvalue weighted by Gasteiger charge is -2.26. The van der Waals surface area contributed by atoms with Gasteiger partial charge in [-0.25, -0.2) is 4.98 Å². The Morgan fingerprint density at radius 1 is 1.18 bits per heavy atom. The number of carbonyl (C=O) groups excluding carboxylic acids is 2. The molecule has 174 valence electrons. The van der Waals surface area contributed by atoms with Crippen molar-refractivity contribution in [2.24, 2.45) is 0 Å². The zero-order chi connectivity index (χ0) is 23.8. The fourth-order valence-corrected chi connectivity index (χ4v) is 3.84. The maximum atomic E-state index is 13.1. The van der Waals surface area contributed by atoms with Crippen LogP contribution in [0, 0.1) is 6.92 Å². The highest BCUT2D eigenvalue weighted by molar-refractivity contribution is 6.09. The molecule has 4 N–H and O–H groups in total. The van der Waals surface area contributed by atoms with Gasteiger partial charge in [0.25, 0.3) is 17.4 Å². The third-order valence-electron chi connectivity index (χ3n) is 5.71. The van der Waals surface area contributed by atoms with Crippen LogP contribution in [-0.2, 0) is 4.79 Å². The second kappa shape index (κ2) is 8.43. The number of hydrogen-bond acceptors (Lipinski definition) is 8. The molecule has 1 aromatic carbocycles. The van der Waals surface area contributed by atoms with Gasteiger partial charge in [0.15, 0.2) is 6.61 Å². The van der Waals surface area contributed by atoms with Crippen LogP contribution in [0.5, 0.6) is 11.6 Å². The van der Waals surface area contributed by atoms with Crippen molar-refractivity contribution in [3.8, 4) is 11.6 Å². The van der Waals surface area contributed by atoms with Crippen molar-refractivity contribution in [1.29, 1.82) is 0 Å². The Bertz CT molecular complexity index is 1370. The molecule has 0 radical (unpaired) electrons. The van der Waals surface area contributed by atoms with E-state index in [0.29, 0.717) is 47.5 Å². The van der Waals surface area contributed by atoms with Crippen molar-refractivity contribution < 1.29 is 19.1 Å². The summed E-state index contributed by atoms with van der Waals surface area (Å²) >= 11 is 0. The minimum Gasteiger partial charge on any atom is -0.482 e. The smallest absolute Gasteiger partial charge is 0.264 e. The van der Waals surface area contributed by atoms with Crippen molar-refractivity contribution in [2.75, 3.05) is 47.7 Å². The third kappa shape index (κ3) is 3.76. The fraction of sp³-hybridized carbons (Fsp3) is 0.217. The van der Waals surface area contributed by atoms with E-state index in [0.717, 1.165) is 11.3 Å². The Morgan fingerprint density at radius 2 is 2.03 bits per heavy atom. The average molecular weight is 462 g/mol. The molecule has 2 aliphatic heterocycles. The summed E-state index contributed by atoms with van der Waals surface area (Å²) < 4.78 is 11.0. The van der Waals surface area contributed by atoms with Crippen LogP contribution in [0.1, 0.15) is 15.9 Å². The first-order valence-corrected chi connectivity index (χ1v) is 10.6. The van der Waals surface area contributed by atoms with Crippen molar-refractivity contribution in [3.05, 3.63) is 58.1 Å². The van der Waals surface area contributed by atoms with Crippen LogP contribution in [0.4, 0.5) is 28.4 Å². The lowest BCUT2D eigenvalue weighted by atomic mass is 10.1. The van der Waals surface area contributed by atoms with E-state index in [1.165, 1.54) is 11.1 Å². The summed E-state index contributed by atoms with van der Waals surface area (Å²) in [7, 11) is 1.63. The maximum Gasteiger partial charge on any atom is 0.264 e. The first kappa shape index (κ1) is 21.3. The number of nitrogens with one attached hydrogen (secondary N) is 4. The Morgan fingerprint density at radius 3 is 2.88 bits per heavy atom. The second-order valence-electron chi connectivity index (χ2n) is 7.85. The lowest BCUT2D eigenvalue weighted by Crippen LogP contribution is -2.35. The molecule has 0 spiro atoms. The topological polar surface area (TPSA) is 138 Å². The first-order chi connectivity index (χ1) is 16.4. The SMILES string of the molecule is Cc1c(Nc2cc[nH]c(=O)c2C(=O)Nc2ccc3c(c2)N(C)C(=O)CO3)cnc2c1NCCO2. The molecule has 11 heteroatoms. The van der Waals surface area contributed by atoms with Crippen molar-refractivity contribution in [3.63, 3.8) is 0 Å². The molecular formula is C23H22N6O5. The number of anilines is 5. The number of amides is 2. The molecule has 34 heavy (non-hydrogen) atoms. The zero-order valence-electron chi connectivity index (χ0n) is 18.5. The van der Waals surface area contributed by atoms with E-state index in [-0.39, 0.29) is 18.1 Å². The second-order valence-corrected chi connectivity index (χ2v) is 7.85. The van der Waals surface area contributed by atoms with Gasteiger partial charge in [0, 0.05) is 31.0 Å². The average Bonchev–Trinajstić information content (AvgIpc) is 2.83. The maximum absolute atomic E-state index is 13.1. The van der Waals surface area contributed by atoms with E-state index in [4.69, 9.17) is 9.47 Å². The van der Waals surface area contributed by atoms with E-state index in [1.807, 2.05) is 6.92 Å². The van der Waals surface area contributed by atoms with E-state index in [1.54, 1.807) is 37.5 Å². The molecule has 11 nitrogen and oxygen atoms in total. The predicted molar refractivity (Wildman–Crippen MR) is 127 cm³/mol. The first-order valence-electron chi connectivity index (χ1n) is 10.6. The van der Waals surface area contributed by atoms with Crippen LogP contribution in [0.25, 0.3) is 0 Å². The number of pyridine rings is 2. The predicted octanol–water partition coefficient (Wildman–Crippen LogP) is 2.23. The number of aromatic amines is 1. The molecule has 0 atom stereocenters. The van der Waals surface area contributed by atoms with Gasteiger partial charge in [-0.15, -0.1) is 0 Å². The van der Waals surface area contributed by atoms with Crippen LogP contribution in [0.2, 0.25) is 0 Å². The monoisotopic (exact) mass is 462 g/mol. The Labute approximate surface area is 194 Å². The van der Waals surface area contributed by atoms with Gasteiger partial charge in [0.1, 0.15) is 23.6 Å². The van der Waals surface area contributed by atoms with Crippen LogP contribution in [0.3, 0.4) is 0 Å². The van der Waals surface area contributed by atoms with E-state index < -0.39 is 11.5 Å². The number of benzene rings is 1. The highest BCUT2D eigenvalue weighted by atomic mass is 16.5. The van der Waals surface area contributed by atoms with Gasteiger partial charge in [-0.05, 0) is 31.2 Å². The van der Waals surface area contributed by atoms with E-state index in [9.17, 15) is 14.4 Å². The van der Waals surface area contributed by atoms with E-state index >= 15 is 0 Å². The summed E-state index contributed by atoms with van der Waals surface area (Å²) in [5, 5.41) is 9.14. The Hall–Kier alpha value is -4.54. The highest BCUT2D eigenvalue weighted by Crippen LogP contribution is 2.35. The molecular weight excluding hydrogens is 440 g/mol. The number of likely N-dealkylation sites (N-methyl/N-ethyl adjacent to an activating group) is 1. The standard InChI is InChI=1S/C23H22N6O5/c1-12-15(10-26-23-20(12)24-7-8-33-23)28-14-5-6-25-21(31)19(14)22(32)27-13-3-4-17-16(9-13)29(2)18(30)11-34-17/h3-6,9-10,24H,7-8,11H2,1-2H3,(H,27,32)(H2,25,28,31). The van der Waals surface area contributed by atoms with Crippen LogP contribution in [0.15, 0.2) is 41.5 Å². The number of hydrogen-bond donors (Lipinski definition) is 4. The van der Waals surface area contributed by atoms with Gasteiger partial charge in [0.2, 0.25) is 5.88 Å². The summed E-state index contributed by atoms with van der Waals surface area (Å²) in [6.45, 7) is 3.04. The number of fused-ring (bicyclic) bond motifs is 2. The van der Waals surface area contributed by atoms with Gasteiger partial charge in [-0.1, -0.05) is 0 Å². The number of rotatable bonds is 4. The highest BCUT2D eigenvalue weighted by Gasteiger charge is 2.24. The number of H-pyrrole nitrogens is 1. The minimum absolute atomic E-state index is 0.0394. The van der Waals surface area contributed by atoms with Crippen molar-refractivity contribution in [2.45, 2.75) is 6.92 Å². The summed E-state index contributed by atoms with van der Waals surface area (Å²) in [5.74, 6) is 0.238. The number of carbonyl (C=O) groups is 2. The lowest BCUT2D eigenvalue weighted by molar-refractivity contribution is -0.120. The molecule has 2 amide bonds. The molecule has 2 aliphatic rings. The van der Waals surface area contributed by atoms with Crippen LogP contribution >= 0.6 is 0 Å². The summed E-state index contributed by atoms with van der Waals surface area (Å²) in [5.41, 5.74) is 2.85. The molecule has 0 unspecified atom stereocenters. The number of ether oxygens (including phenoxy) is 2.